The number of nitrogens with zero attached hydrogens (tertiary/aromatic N) is 2. The van der Waals surface area contributed by atoms with Crippen LogP contribution in [0.2, 0.25) is 5.02 Å². The predicted molar refractivity (Wildman–Crippen MR) is 123 cm³/mol. The zero-order valence-corrected chi connectivity index (χ0v) is 18.7. The van der Waals surface area contributed by atoms with E-state index in [1.165, 1.54) is 0 Å². The number of ether oxygens (including phenoxy) is 2. The maximum atomic E-state index is 6.44. The Bertz CT molecular complexity index is 818. The summed E-state index contributed by atoms with van der Waals surface area (Å²) in [5, 5.41) is 4.82. The van der Waals surface area contributed by atoms with Gasteiger partial charge in [0.2, 0.25) is 0 Å². The molecule has 0 unspecified atom stereocenters. The van der Waals surface area contributed by atoms with E-state index in [4.69, 9.17) is 33.3 Å². The zero-order valence-electron chi connectivity index (χ0n) is 17.2. The molecule has 0 aliphatic carbocycles. The van der Waals surface area contributed by atoms with E-state index in [0.717, 1.165) is 42.2 Å². The first-order chi connectivity index (χ1) is 14.0. The van der Waals surface area contributed by atoms with Gasteiger partial charge >= 0.3 is 0 Å². The van der Waals surface area contributed by atoms with E-state index in [1.54, 1.807) is 14.2 Å². The molecule has 3 rings (SSSR count). The minimum Gasteiger partial charge on any atom is -0.497 e. The number of hydrogen-bond acceptors (Lipinski definition) is 4. The molecule has 0 atom stereocenters. The van der Waals surface area contributed by atoms with E-state index < -0.39 is 0 Å². The van der Waals surface area contributed by atoms with Crippen molar-refractivity contribution in [2.45, 2.75) is 25.4 Å². The standard InChI is InChI=1S/C22H28ClN3O2S/c1-25-10-8-18(9-11-25)26(15-16-6-4-5-7-21(16)23)22(29)24-17-12-19(27-2)14-20(13-17)28-3/h4-7,12-14,18H,8-11,15H2,1-3H3,(H,24,29). The fourth-order valence-electron chi connectivity index (χ4n) is 3.56. The van der Waals surface area contributed by atoms with Crippen molar-refractivity contribution in [2.24, 2.45) is 0 Å². The summed E-state index contributed by atoms with van der Waals surface area (Å²) in [5.74, 6) is 1.43. The highest BCUT2D eigenvalue weighted by Crippen LogP contribution is 2.28. The van der Waals surface area contributed by atoms with Crippen molar-refractivity contribution in [2.75, 3.05) is 39.7 Å². The molecule has 0 amide bonds. The summed E-state index contributed by atoms with van der Waals surface area (Å²) in [6, 6.07) is 14.0. The van der Waals surface area contributed by atoms with Crippen LogP contribution in [0.3, 0.4) is 0 Å². The third-order valence-electron chi connectivity index (χ3n) is 5.29. The van der Waals surface area contributed by atoms with E-state index in [2.05, 4.69) is 28.2 Å². The number of anilines is 1. The molecule has 1 fully saturated rings. The molecule has 0 spiro atoms. The second-order valence-corrected chi connectivity index (χ2v) is 8.08. The van der Waals surface area contributed by atoms with Crippen LogP contribution in [0.1, 0.15) is 18.4 Å². The fraction of sp³-hybridized carbons (Fsp3) is 0.409. The van der Waals surface area contributed by atoms with Gasteiger partial charge in [-0.25, -0.2) is 0 Å². The SMILES string of the molecule is COc1cc(NC(=S)N(Cc2ccccc2Cl)C2CCN(C)CC2)cc(OC)c1. The van der Waals surface area contributed by atoms with Crippen LogP contribution in [0.15, 0.2) is 42.5 Å². The number of rotatable bonds is 6. The molecule has 1 heterocycles. The molecule has 7 heteroatoms. The molecule has 1 aliphatic heterocycles. The Kier molecular flexibility index (Phi) is 7.58. The number of piperidine rings is 1. The van der Waals surface area contributed by atoms with Gasteiger partial charge in [-0.3, -0.25) is 0 Å². The molecular formula is C22H28ClN3O2S. The topological polar surface area (TPSA) is 37.0 Å². The number of likely N-dealkylation sites (tertiary alicyclic amines) is 1. The van der Waals surface area contributed by atoms with Crippen LogP contribution in [0.4, 0.5) is 5.69 Å². The van der Waals surface area contributed by atoms with Crippen molar-refractivity contribution in [3.05, 3.63) is 53.1 Å². The highest BCUT2D eigenvalue weighted by atomic mass is 35.5. The Morgan fingerprint density at radius 3 is 2.34 bits per heavy atom. The van der Waals surface area contributed by atoms with E-state index in [1.807, 2.05) is 36.4 Å². The van der Waals surface area contributed by atoms with Crippen molar-refractivity contribution in [1.82, 2.24) is 9.80 Å². The number of nitrogens with one attached hydrogen (secondary N) is 1. The second-order valence-electron chi connectivity index (χ2n) is 7.29. The van der Waals surface area contributed by atoms with Gasteiger partial charge in [0.05, 0.1) is 14.2 Å². The average molecular weight is 434 g/mol. The van der Waals surface area contributed by atoms with E-state index >= 15 is 0 Å². The Morgan fingerprint density at radius 1 is 1.14 bits per heavy atom. The van der Waals surface area contributed by atoms with E-state index in [-0.39, 0.29) is 0 Å². The molecule has 0 bridgehead atoms. The lowest BCUT2D eigenvalue weighted by atomic mass is 10.0. The van der Waals surface area contributed by atoms with Gasteiger partial charge in [-0.1, -0.05) is 29.8 Å². The van der Waals surface area contributed by atoms with Crippen LogP contribution in [0, 0.1) is 0 Å². The number of halogens is 1. The smallest absolute Gasteiger partial charge is 0.173 e. The number of benzene rings is 2. The largest absolute Gasteiger partial charge is 0.497 e. The maximum absolute atomic E-state index is 6.44. The lowest BCUT2D eigenvalue weighted by Gasteiger charge is -2.39. The van der Waals surface area contributed by atoms with Crippen molar-refractivity contribution < 1.29 is 9.47 Å². The summed E-state index contributed by atoms with van der Waals surface area (Å²) >= 11 is 12.3. The molecule has 0 saturated carbocycles. The molecule has 0 aromatic heterocycles. The monoisotopic (exact) mass is 433 g/mol. The van der Waals surface area contributed by atoms with Crippen LogP contribution < -0.4 is 14.8 Å². The van der Waals surface area contributed by atoms with E-state index in [9.17, 15) is 0 Å². The molecule has 0 radical (unpaired) electrons. The molecule has 2 aromatic carbocycles. The number of methoxy groups -OCH3 is 2. The lowest BCUT2D eigenvalue weighted by Crippen LogP contribution is -2.47. The minimum atomic E-state index is 0.356. The first kappa shape index (κ1) is 21.7. The van der Waals surface area contributed by atoms with E-state index in [0.29, 0.717) is 29.2 Å². The van der Waals surface area contributed by atoms with Crippen LogP contribution in [-0.4, -0.2) is 55.3 Å². The highest BCUT2D eigenvalue weighted by Gasteiger charge is 2.26. The van der Waals surface area contributed by atoms with Gasteiger partial charge in [0.15, 0.2) is 5.11 Å². The average Bonchev–Trinajstić information content (AvgIpc) is 2.73. The lowest BCUT2D eigenvalue weighted by molar-refractivity contribution is 0.173. The van der Waals surface area contributed by atoms with Gasteiger partial charge in [-0.05, 0) is 56.8 Å². The third-order valence-corrected chi connectivity index (χ3v) is 6.00. The maximum Gasteiger partial charge on any atom is 0.173 e. The summed E-state index contributed by atoms with van der Waals surface area (Å²) in [7, 11) is 5.44. The van der Waals surface area contributed by atoms with Crippen molar-refractivity contribution >= 4 is 34.6 Å². The molecule has 2 aromatic rings. The molecule has 5 nitrogen and oxygen atoms in total. The first-order valence-electron chi connectivity index (χ1n) is 9.73. The number of thiocarbonyl (C=S) groups is 1. The van der Waals surface area contributed by atoms with Gasteiger partial charge < -0.3 is 24.6 Å². The molecule has 1 saturated heterocycles. The van der Waals surface area contributed by atoms with Crippen LogP contribution in [-0.2, 0) is 6.54 Å². The normalized spacial score (nSPS) is 15.0. The Labute approximate surface area is 183 Å². The van der Waals surface area contributed by atoms with Crippen LogP contribution in [0.25, 0.3) is 0 Å². The van der Waals surface area contributed by atoms with Crippen molar-refractivity contribution in [3.8, 4) is 11.5 Å². The Hall–Kier alpha value is -2.02. The van der Waals surface area contributed by atoms with Gasteiger partial charge in [0.1, 0.15) is 11.5 Å². The van der Waals surface area contributed by atoms with Gasteiger partial charge in [-0.2, -0.15) is 0 Å². The molecular weight excluding hydrogens is 406 g/mol. The highest BCUT2D eigenvalue weighted by molar-refractivity contribution is 7.80. The fourth-order valence-corrected chi connectivity index (χ4v) is 4.09. The summed E-state index contributed by atoms with van der Waals surface area (Å²) in [6.45, 7) is 2.78. The van der Waals surface area contributed by atoms with Crippen LogP contribution >= 0.6 is 23.8 Å². The van der Waals surface area contributed by atoms with Gasteiger partial charge in [0, 0.05) is 41.5 Å². The van der Waals surface area contributed by atoms with Crippen molar-refractivity contribution in [3.63, 3.8) is 0 Å². The predicted octanol–water partition coefficient (Wildman–Crippen LogP) is 4.65. The summed E-state index contributed by atoms with van der Waals surface area (Å²) < 4.78 is 10.8. The van der Waals surface area contributed by atoms with Gasteiger partial charge in [-0.15, -0.1) is 0 Å². The molecule has 1 aliphatic rings. The van der Waals surface area contributed by atoms with Crippen LogP contribution in [0.5, 0.6) is 11.5 Å². The summed E-state index contributed by atoms with van der Waals surface area (Å²) in [6.07, 6.45) is 2.12. The Morgan fingerprint density at radius 2 is 1.76 bits per heavy atom. The molecule has 1 N–H and O–H groups in total. The quantitative estimate of drug-likeness (QED) is 0.668. The Balaban J connectivity index is 1.83. The number of hydrogen-bond donors (Lipinski definition) is 1. The second kappa shape index (κ2) is 10.1. The summed E-state index contributed by atoms with van der Waals surface area (Å²) in [5.41, 5.74) is 1.91. The van der Waals surface area contributed by atoms with Crippen molar-refractivity contribution in [1.29, 1.82) is 0 Å². The summed E-state index contributed by atoms with van der Waals surface area (Å²) in [4.78, 5) is 4.61. The zero-order chi connectivity index (χ0) is 20.8. The van der Waals surface area contributed by atoms with Gasteiger partial charge in [0.25, 0.3) is 0 Å². The minimum absolute atomic E-state index is 0.356. The molecule has 156 valence electrons. The molecule has 29 heavy (non-hydrogen) atoms. The first-order valence-corrected chi connectivity index (χ1v) is 10.5. The third kappa shape index (κ3) is 5.75.